The molecule has 1 aliphatic rings. The van der Waals surface area contributed by atoms with Crippen LogP contribution >= 0.6 is 11.6 Å². The molecule has 1 fully saturated rings. The van der Waals surface area contributed by atoms with Gasteiger partial charge >= 0.3 is 5.97 Å². The Morgan fingerprint density at radius 2 is 1.81 bits per heavy atom. The molecule has 192 valence electrons. The van der Waals surface area contributed by atoms with Crippen molar-refractivity contribution in [3.05, 3.63) is 76.5 Å². The second-order valence-corrected chi connectivity index (χ2v) is 9.16. The van der Waals surface area contributed by atoms with Gasteiger partial charge in [-0.3, -0.25) is 19.4 Å². The molecule has 1 saturated carbocycles. The van der Waals surface area contributed by atoms with Crippen LogP contribution in [-0.4, -0.2) is 50.4 Å². The minimum absolute atomic E-state index is 0.0199. The molecule has 0 atom stereocenters. The average molecular weight is 523 g/mol. The molecule has 2 aromatic heterocycles. The molecule has 10 nitrogen and oxygen atoms in total. The van der Waals surface area contributed by atoms with Gasteiger partial charge < -0.3 is 21.1 Å². The number of nitrogens with one attached hydrogen (secondary N) is 3. The van der Waals surface area contributed by atoms with Gasteiger partial charge in [-0.05, 0) is 42.7 Å². The molecule has 0 spiro atoms. The lowest BCUT2D eigenvalue weighted by Gasteiger charge is -2.15. The van der Waals surface area contributed by atoms with E-state index >= 15 is 0 Å². The van der Waals surface area contributed by atoms with Crippen LogP contribution in [0.25, 0.3) is 0 Å². The van der Waals surface area contributed by atoms with Gasteiger partial charge in [0.15, 0.2) is 0 Å². The normalized spacial score (nSPS) is 13.2. The number of hydrogen-bond acceptors (Lipinski definition) is 7. The molecule has 0 unspecified atom stereocenters. The van der Waals surface area contributed by atoms with Crippen molar-refractivity contribution in [2.75, 3.05) is 17.2 Å². The number of carboxylic acid groups (broad SMARTS) is 1. The van der Waals surface area contributed by atoms with Crippen LogP contribution in [0.2, 0.25) is 5.15 Å². The monoisotopic (exact) mass is 522 g/mol. The average Bonchev–Trinajstić information content (AvgIpc) is 3.39. The number of benzene rings is 1. The third-order valence-electron chi connectivity index (χ3n) is 5.97. The summed E-state index contributed by atoms with van der Waals surface area (Å²) in [5, 5.41) is 18.0. The van der Waals surface area contributed by atoms with E-state index in [1.165, 1.54) is 6.20 Å². The van der Waals surface area contributed by atoms with Gasteiger partial charge in [-0.25, -0.2) is 9.97 Å². The van der Waals surface area contributed by atoms with Crippen LogP contribution in [0.15, 0.2) is 48.8 Å². The van der Waals surface area contributed by atoms with Crippen LogP contribution in [0.4, 0.5) is 11.5 Å². The van der Waals surface area contributed by atoms with Crippen molar-refractivity contribution in [2.24, 2.45) is 0 Å². The highest BCUT2D eigenvalue weighted by Gasteiger charge is 2.20. The molecule has 2 amide bonds. The third kappa shape index (κ3) is 7.47. The summed E-state index contributed by atoms with van der Waals surface area (Å²) in [4.78, 5) is 48.7. The molecule has 0 radical (unpaired) electrons. The number of aliphatic carboxylic acids is 1. The number of rotatable bonds is 10. The van der Waals surface area contributed by atoms with Gasteiger partial charge in [0.2, 0.25) is 5.91 Å². The van der Waals surface area contributed by atoms with E-state index in [9.17, 15) is 19.5 Å². The van der Waals surface area contributed by atoms with Gasteiger partial charge in [-0.2, -0.15) is 0 Å². The summed E-state index contributed by atoms with van der Waals surface area (Å²) in [5.41, 5.74) is 2.14. The zero-order chi connectivity index (χ0) is 26.2. The largest absolute Gasteiger partial charge is 0.481 e. The summed E-state index contributed by atoms with van der Waals surface area (Å²) in [5.74, 6) is -0.948. The number of pyridine rings is 1. The summed E-state index contributed by atoms with van der Waals surface area (Å²) in [6, 6.07) is 10.7. The van der Waals surface area contributed by atoms with Crippen molar-refractivity contribution in [1.82, 2.24) is 20.3 Å². The van der Waals surface area contributed by atoms with Crippen molar-refractivity contribution in [3.8, 4) is 0 Å². The van der Waals surface area contributed by atoms with E-state index in [0.717, 1.165) is 31.2 Å². The maximum Gasteiger partial charge on any atom is 0.308 e. The van der Waals surface area contributed by atoms with Crippen molar-refractivity contribution >= 4 is 40.9 Å². The van der Waals surface area contributed by atoms with E-state index < -0.39 is 5.97 Å². The van der Waals surface area contributed by atoms with Crippen LogP contribution in [0.5, 0.6) is 0 Å². The Morgan fingerprint density at radius 3 is 2.49 bits per heavy atom. The smallest absolute Gasteiger partial charge is 0.308 e. The molecule has 1 aliphatic carbocycles. The minimum atomic E-state index is -1.08. The van der Waals surface area contributed by atoms with E-state index in [-0.39, 0.29) is 47.4 Å². The Labute approximate surface area is 218 Å². The summed E-state index contributed by atoms with van der Waals surface area (Å²) >= 11 is 6.33. The number of anilines is 2. The number of carboxylic acids is 1. The first-order valence-corrected chi connectivity index (χ1v) is 12.4. The molecule has 3 aromatic rings. The quantitative estimate of drug-likeness (QED) is 0.296. The van der Waals surface area contributed by atoms with Gasteiger partial charge in [0.05, 0.1) is 18.5 Å². The van der Waals surface area contributed by atoms with Crippen LogP contribution in [0.1, 0.15) is 53.0 Å². The Bertz CT molecular complexity index is 1260. The Morgan fingerprint density at radius 1 is 1.05 bits per heavy atom. The van der Waals surface area contributed by atoms with E-state index in [1.54, 1.807) is 30.5 Å². The first-order valence-electron chi connectivity index (χ1n) is 12.0. The zero-order valence-electron chi connectivity index (χ0n) is 20.0. The topological polar surface area (TPSA) is 146 Å². The lowest BCUT2D eigenvalue weighted by molar-refractivity contribution is -0.136. The van der Waals surface area contributed by atoms with Gasteiger partial charge in [-0.1, -0.05) is 36.6 Å². The third-order valence-corrected chi connectivity index (χ3v) is 6.28. The predicted molar refractivity (Wildman–Crippen MR) is 139 cm³/mol. The first-order chi connectivity index (χ1) is 17.9. The van der Waals surface area contributed by atoms with Gasteiger partial charge in [0.1, 0.15) is 16.8 Å². The molecule has 2 heterocycles. The molecule has 0 bridgehead atoms. The Kier molecular flexibility index (Phi) is 8.63. The highest BCUT2D eigenvalue weighted by atomic mass is 35.5. The highest BCUT2D eigenvalue weighted by molar-refractivity contribution is 6.30. The van der Waals surface area contributed by atoms with Gasteiger partial charge in [-0.15, -0.1) is 0 Å². The van der Waals surface area contributed by atoms with Crippen LogP contribution < -0.4 is 16.0 Å². The standard InChI is InChI=1S/C26H27ClN6O4/c27-24-20(13-23(35)36)25(29-15-22(34)30-18-5-1-2-6-18)33-21(32-24)12-16-7-9-19(10-8-16)31-26(37)17-4-3-11-28-14-17/h3-4,7-11,14,18H,1-2,5-6,12-13,15H2,(H,30,34)(H,31,37)(H,35,36)(H,29,32,33). The molecular formula is C26H27ClN6O4. The molecule has 0 aliphatic heterocycles. The van der Waals surface area contributed by atoms with Crippen molar-refractivity contribution < 1.29 is 19.5 Å². The number of carbonyl (C=O) groups is 3. The lowest BCUT2D eigenvalue weighted by atomic mass is 10.1. The molecule has 4 rings (SSSR count). The van der Waals surface area contributed by atoms with Crippen molar-refractivity contribution in [3.63, 3.8) is 0 Å². The fourth-order valence-electron chi connectivity index (χ4n) is 4.13. The number of halogens is 1. The molecule has 1 aromatic carbocycles. The van der Waals surface area contributed by atoms with Crippen molar-refractivity contribution in [2.45, 2.75) is 44.6 Å². The van der Waals surface area contributed by atoms with E-state index in [2.05, 4.69) is 30.9 Å². The second kappa shape index (κ2) is 12.3. The summed E-state index contributed by atoms with van der Waals surface area (Å²) in [6.45, 7) is -0.0543. The van der Waals surface area contributed by atoms with E-state index in [1.807, 2.05) is 12.1 Å². The molecule has 4 N–H and O–H groups in total. The zero-order valence-corrected chi connectivity index (χ0v) is 20.8. The Balaban J connectivity index is 1.44. The fraction of sp³-hybridized carbons (Fsp3) is 0.308. The molecule has 37 heavy (non-hydrogen) atoms. The molecular weight excluding hydrogens is 496 g/mol. The molecule has 0 saturated heterocycles. The molecule has 11 heteroatoms. The predicted octanol–water partition coefficient (Wildman–Crippen LogP) is 3.47. The van der Waals surface area contributed by atoms with E-state index in [0.29, 0.717) is 23.5 Å². The number of carbonyl (C=O) groups excluding carboxylic acids is 2. The number of aromatic nitrogens is 3. The highest BCUT2D eigenvalue weighted by Crippen LogP contribution is 2.24. The van der Waals surface area contributed by atoms with Crippen molar-refractivity contribution in [1.29, 1.82) is 0 Å². The van der Waals surface area contributed by atoms with Gasteiger partial charge in [0.25, 0.3) is 5.91 Å². The van der Waals surface area contributed by atoms with Crippen LogP contribution in [0.3, 0.4) is 0 Å². The number of nitrogens with zero attached hydrogens (tertiary/aromatic N) is 3. The van der Waals surface area contributed by atoms with E-state index in [4.69, 9.17) is 11.6 Å². The van der Waals surface area contributed by atoms with Crippen LogP contribution in [-0.2, 0) is 22.4 Å². The fourth-order valence-corrected chi connectivity index (χ4v) is 4.39. The Hall–Kier alpha value is -4.05. The minimum Gasteiger partial charge on any atom is -0.481 e. The second-order valence-electron chi connectivity index (χ2n) is 8.80. The first kappa shape index (κ1) is 26.0. The maximum absolute atomic E-state index is 12.4. The maximum atomic E-state index is 12.4. The van der Waals surface area contributed by atoms with Crippen LogP contribution in [0, 0.1) is 0 Å². The SMILES string of the molecule is O=C(O)Cc1c(Cl)nc(Cc2ccc(NC(=O)c3cccnc3)cc2)nc1NCC(=O)NC1CCCC1. The summed E-state index contributed by atoms with van der Waals surface area (Å²) < 4.78 is 0. The van der Waals surface area contributed by atoms with Gasteiger partial charge in [0, 0.05) is 36.1 Å². The number of amides is 2. The number of hydrogen-bond donors (Lipinski definition) is 4. The summed E-state index contributed by atoms with van der Waals surface area (Å²) in [6.07, 6.45) is 7.15. The summed E-state index contributed by atoms with van der Waals surface area (Å²) in [7, 11) is 0. The lowest BCUT2D eigenvalue weighted by Crippen LogP contribution is -2.37.